The number of ether oxygens (including phenoxy) is 1. The molecule has 0 aliphatic heterocycles. The lowest BCUT2D eigenvalue weighted by molar-refractivity contribution is -0.117. The number of carbonyl (C=O) groups is 1. The Balaban J connectivity index is 1.98. The zero-order chi connectivity index (χ0) is 15.2. The molecule has 1 amide bonds. The van der Waals surface area contributed by atoms with Gasteiger partial charge in [-0.1, -0.05) is 24.6 Å². The fraction of sp³-hybridized carbons (Fsp3) is 0.235. The summed E-state index contributed by atoms with van der Waals surface area (Å²) in [7, 11) is 0. The van der Waals surface area contributed by atoms with Crippen LogP contribution >= 0.6 is 0 Å². The molecule has 0 saturated carbocycles. The van der Waals surface area contributed by atoms with E-state index in [-0.39, 0.29) is 5.91 Å². The smallest absolute Gasteiger partial charge is 0.241 e. The molecule has 0 aliphatic carbocycles. The third kappa shape index (κ3) is 4.33. The van der Waals surface area contributed by atoms with Gasteiger partial charge in [-0.2, -0.15) is 0 Å². The molecular formula is C17H20N2O2. The largest absolute Gasteiger partial charge is 0.457 e. The number of anilines is 1. The Morgan fingerprint density at radius 2 is 1.62 bits per heavy atom. The van der Waals surface area contributed by atoms with Crippen LogP contribution in [0.4, 0.5) is 5.69 Å². The SMILES string of the molecule is CCC(N)C(=O)Nc1ccc(Oc2ccc(C)cc2)cc1. The van der Waals surface area contributed by atoms with E-state index in [4.69, 9.17) is 10.5 Å². The highest BCUT2D eigenvalue weighted by Crippen LogP contribution is 2.23. The highest BCUT2D eigenvalue weighted by Gasteiger charge is 2.10. The molecule has 4 nitrogen and oxygen atoms in total. The number of hydrogen-bond acceptors (Lipinski definition) is 3. The second-order valence-corrected chi connectivity index (χ2v) is 4.94. The first-order valence-electron chi connectivity index (χ1n) is 6.99. The minimum Gasteiger partial charge on any atom is -0.457 e. The standard InChI is InChI=1S/C17H20N2O2/c1-3-16(18)17(20)19-13-6-10-15(11-7-13)21-14-8-4-12(2)5-9-14/h4-11,16H,3,18H2,1-2H3,(H,19,20). The number of amides is 1. The van der Waals surface area contributed by atoms with Gasteiger partial charge in [0.2, 0.25) is 5.91 Å². The maximum atomic E-state index is 11.7. The average molecular weight is 284 g/mol. The summed E-state index contributed by atoms with van der Waals surface area (Å²) in [4.78, 5) is 11.7. The van der Waals surface area contributed by atoms with E-state index in [0.717, 1.165) is 11.5 Å². The van der Waals surface area contributed by atoms with Crippen molar-refractivity contribution in [2.45, 2.75) is 26.3 Å². The summed E-state index contributed by atoms with van der Waals surface area (Å²) in [5.74, 6) is 1.33. The van der Waals surface area contributed by atoms with Gasteiger partial charge in [-0.25, -0.2) is 0 Å². The van der Waals surface area contributed by atoms with Gasteiger partial charge in [0, 0.05) is 5.69 Å². The molecule has 2 aromatic rings. The van der Waals surface area contributed by atoms with Crippen molar-refractivity contribution in [3.05, 3.63) is 54.1 Å². The summed E-state index contributed by atoms with van der Waals surface area (Å²) in [5, 5.41) is 2.77. The molecule has 3 N–H and O–H groups in total. The van der Waals surface area contributed by atoms with Gasteiger partial charge in [0.25, 0.3) is 0 Å². The summed E-state index contributed by atoms with van der Waals surface area (Å²) in [6, 6.07) is 14.6. The highest BCUT2D eigenvalue weighted by molar-refractivity contribution is 5.94. The van der Waals surface area contributed by atoms with E-state index in [1.165, 1.54) is 5.56 Å². The first-order valence-corrected chi connectivity index (χ1v) is 6.99. The molecule has 0 spiro atoms. The second-order valence-electron chi connectivity index (χ2n) is 4.94. The Morgan fingerprint density at radius 1 is 1.10 bits per heavy atom. The number of hydrogen-bond donors (Lipinski definition) is 2. The number of carbonyl (C=O) groups excluding carboxylic acids is 1. The summed E-state index contributed by atoms with van der Waals surface area (Å²) in [6.45, 7) is 3.91. The van der Waals surface area contributed by atoms with Crippen molar-refractivity contribution >= 4 is 11.6 Å². The molecule has 1 atom stereocenters. The van der Waals surface area contributed by atoms with Crippen molar-refractivity contribution in [3.8, 4) is 11.5 Å². The monoisotopic (exact) mass is 284 g/mol. The van der Waals surface area contributed by atoms with Gasteiger partial charge in [0.1, 0.15) is 11.5 Å². The van der Waals surface area contributed by atoms with Crippen LogP contribution < -0.4 is 15.8 Å². The fourth-order valence-corrected chi connectivity index (χ4v) is 1.77. The van der Waals surface area contributed by atoms with Crippen molar-refractivity contribution in [2.24, 2.45) is 5.73 Å². The van der Waals surface area contributed by atoms with E-state index >= 15 is 0 Å². The zero-order valence-corrected chi connectivity index (χ0v) is 12.3. The Kier molecular flexibility index (Phi) is 4.95. The highest BCUT2D eigenvalue weighted by atomic mass is 16.5. The molecule has 0 aliphatic rings. The van der Waals surface area contributed by atoms with Crippen molar-refractivity contribution < 1.29 is 9.53 Å². The molecule has 0 bridgehead atoms. The summed E-state index contributed by atoms with van der Waals surface area (Å²) in [6.07, 6.45) is 0.612. The molecule has 0 heterocycles. The van der Waals surface area contributed by atoms with E-state index in [1.807, 2.05) is 50.2 Å². The van der Waals surface area contributed by atoms with E-state index < -0.39 is 6.04 Å². The normalized spacial score (nSPS) is 11.8. The molecule has 0 aromatic heterocycles. The number of nitrogens with two attached hydrogens (primary N) is 1. The molecular weight excluding hydrogens is 264 g/mol. The Hall–Kier alpha value is -2.33. The van der Waals surface area contributed by atoms with Crippen LogP contribution in [0.1, 0.15) is 18.9 Å². The van der Waals surface area contributed by atoms with Gasteiger partial charge in [0.05, 0.1) is 6.04 Å². The molecule has 0 fully saturated rings. The van der Waals surface area contributed by atoms with Crippen LogP contribution in [0.15, 0.2) is 48.5 Å². The van der Waals surface area contributed by atoms with Crippen LogP contribution in [0.25, 0.3) is 0 Å². The average Bonchev–Trinajstić information content (AvgIpc) is 2.50. The van der Waals surface area contributed by atoms with Crippen LogP contribution in [-0.2, 0) is 4.79 Å². The predicted molar refractivity (Wildman–Crippen MR) is 84.6 cm³/mol. The molecule has 110 valence electrons. The summed E-state index contributed by atoms with van der Waals surface area (Å²) in [5.41, 5.74) is 7.57. The van der Waals surface area contributed by atoms with E-state index in [1.54, 1.807) is 12.1 Å². The molecule has 1 unspecified atom stereocenters. The van der Waals surface area contributed by atoms with Crippen molar-refractivity contribution in [3.63, 3.8) is 0 Å². The third-order valence-electron chi connectivity index (χ3n) is 3.16. The van der Waals surface area contributed by atoms with E-state index in [9.17, 15) is 4.79 Å². The third-order valence-corrected chi connectivity index (χ3v) is 3.16. The molecule has 0 saturated heterocycles. The lowest BCUT2D eigenvalue weighted by Crippen LogP contribution is -2.34. The van der Waals surface area contributed by atoms with E-state index in [0.29, 0.717) is 12.1 Å². The number of aryl methyl sites for hydroxylation is 1. The quantitative estimate of drug-likeness (QED) is 0.883. The second kappa shape index (κ2) is 6.90. The first kappa shape index (κ1) is 15.1. The lowest BCUT2D eigenvalue weighted by Gasteiger charge is -2.11. The fourth-order valence-electron chi connectivity index (χ4n) is 1.77. The maximum Gasteiger partial charge on any atom is 0.241 e. The Labute approximate surface area is 124 Å². The van der Waals surface area contributed by atoms with Crippen LogP contribution in [0.5, 0.6) is 11.5 Å². The zero-order valence-electron chi connectivity index (χ0n) is 12.3. The predicted octanol–water partition coefficient (Wildman–Crippen LogP) is 3.46. The van der Waals surface area contributed by atoms with Gasteiger partial charge in [-0.15, -0.1) is 0 Å². The van der Waals surface area contributed by atoms with Crippen molar-refractivity contribution in [1.82, 2.24) is 0 Å². The van der Waals surface area contributed by atoms with Gasteiger partial charge >= 0.3 is 0 Å². The van der Waals surface area contributed by atoms with Crippen LogP contribution in [0.2, 0.25) is 0 Å². The first-order chi connectivity index (χ1) is 10.1. The molecule has 0 radical (unpaired) electrons. The number of benzene rings is 2. The molecule has 21 heavy (non-hydrogen) atoms. The van der Waals surface area contributed by atoms with Gasteiger partial charge in [-0.05, 0) is 49.7 Å². The van der Waals surface area contributed by atoms with Crippen molar-refractivity contribution in [2.75, 3.05) is 5.32 Å². The van der Waals surface area contributed by atoms with Crippen LogP contribution in [-0.4, -0.2) is 11.9 Å². The van der Waals surface area contributed by atoms with Gasteiger partial charge in [0.15, 0.2) is 0 Å². The van der Waals surface area contributed by atoms with Crippen LogP contribution in [0.3, 0.4) is 0 Å². The summed E-state index contributed by atoms with van der Waals surface area (Å²) < 4.78 is 5.72. The minimum atomic E-state index is -0.478. The Bertz CT molecular complexity index is 591. The summed E-state index contributed by atoms with van der Waals surface area (Å²) >= 11 is 0. The number of nitrogens with one attached hydrogen (secondary N) is 1. The molecule has 2 aromatic carbocycles. The molecule has 2 rings (SSSR count). The van der Waals surface area contributed by atoms with E-state index in [2.05, 4.69) is 5.32 Å². The topological polar surface area (TPSA) is 64.4 Å². The Morgan fingerprint density at radius 3 is 2.14 bits per heavy atom. The van der Waals surface area contributed by atoms with Crippen molar-refractivity contribution in [1.29, 1.82) is 0 Å². The van der Waals surface area contributed by atoms with Crippen LogP contribution in [0, 0.1) is 6.92 Å². The maximum absolute atomic E-state index is 11.7. The molecule has 4 heteroatoms. The van der Waals surface area contributed by atoms with Gasteiger partial charge in [-0.3, -0.25) is 4.79 Å². The number of rotatable bonds is 5. The van der Waals surface area contributed by atoms with Gasteiger partial charge < -0.3 is 15.8 Å². The lowest BCUT2D eigenvalue weighted by atomic mass is 10.2. The minimum absolute atomic E-state index is 0.176.